The fraction of sp³-hybridized carbons (Fsp3) is 0.333. The monoisotopic (exact) mass is 281 g/mol. The van der Waals surface area contributed by atoms with Crippen LogP contribution in [0.1, 0.15) is 40.5 Å². The van der Waals surface area contributed by atoms with Gasteiger partial charge in [-0.25, -0.2) is 0 Å². The molecule has 0 aliphatic carbocycles. The van der Waals surface area contributed by atoms with E-state index in [9.17, 15) is 9.59 Å². The van der Waals surface area contributed by atoms with Crippen LogP contribution in [0.2, 0.25) is 0 Å². The van der Waals surface area contributed by atoms with Crippen molar-refractivity contribution >= 4 is 27.7 Å². The molecule has 0 spiro atoms. The van der Waals surface area contributed by atoms with E-state index in [1.807, 2.05) is 6.92 Å². The highest BCUT2D eigenvalue weighted by Gasteiger charge is 2.38. The van der Waals surface area contributed by atoms with Crippen LogP contribution >= 0.6 is 15.9 Å². The van der Waals surface area contributed by atoms with Crippen molar-refractivity contribution in [2.24, 2.45) is 0 Å². The Bertz CT molecular complexity index is 409. The lowest BCUT2D eigenvalue weighted by Gasteiger charge is -2.19. The van der Waals surface area contributed by atoms with Gasteiger partial charge in [-0.2, -0.15) is 0 Å². The first-order valence-electron chi connectivity index (χ1n) is 5.27. The third-order valence-corrected chi connectivity index (χ3v) is 3.50. The Balaban J connectivity index is 2.35. The van der Waals surface area contributed by atoms with E-state index >= 15 is 0 Å². The molecule has 2 amide bonds. The maximum absolute atomic E-state index is 12.0. The number of hydrogen-bond donors (Lipinski definition) is 0. The van der Waals surface area contributed by atoms with Crippen molar-refractivity contribution in [3.63, 3.8) is 0 Å². The molecule has 0 N–H and O–H groups in total. The average molecular weight is 282 g/mol. The Kier molecular flexibility index (Phi) is 3.10. The molecule has 84 valence electrons. The normalized spacial score (nSPS) is 16.5. The smallest absolute Gasteiger partial charge is 0.262 e. The molecule has 0 saturated heterocycles. The molecule has 0 fully saturated rings. The number of carbonyl (C=O) groups is 2. The van der Waals surface area contributed by atoms with Crippen LogP contribution in [0.25, 0.3) is 0 Å². The van der Waals surface area contributed by atoms with Gasteiger partial charge >= 0.3 is 0 Å². The van der Waals surface area contributed by atoms with E-state index < -0.39 is 0 Å². The number of halogens is 1. The molecular weight excluding hydrogens is 270 g/mol. The number of alkyl halides is 1. The van der Waals surface area contributed by atoms with E-state index in [-0.39, 0.29) is 16.8 Å². The second-order valence-electron chi connectivity index (χ2n) is 3.75. The zero-order valence-corrected chi connectivity index (χ0v) is 10.5. The minimum absolute atomic E-state index is 0.198. The summed E-state index contributed by atoms with van der Waals surface area (Å²) in [5.74, 6) is -0.396. The summed E-state index contributed by atoms with van der Waals surface area (Å²) < 4.78 is 0. The molecule has 3 nitrogen and oxygen atoms in total. The molecule has 2 rings (SSSR count). The summed E-state index contributed by atoms with van der Waals surface area (Å²) in [5.41, 5.74) is 1.01. The van der Waals surface area contributed by atoms with Crippen LogP contribution in [0.3, 0.4) is 0 Å². The molecule has 4 heteroatoms. The van der Waals surface area contributed by atoms with E-state index in [1.54, 1.807) is 24.3 Å². The third kappa shape index (κ3) is 1.67. The van der Waals surface area contributed by atoms with Crippen LogP contribution in [0.4, 0.5) is 0 Å². The summed E-state index contributed by atoms with van der Waals surface area (Å²) in [6.45, 7) is 2.02. The van der Waals surface area contributed by atoms with Crippen molar-refractivity contribution in [3.05, 3.63) is 35.4 Å². The molecule has 1 aromatic rings. The molecule has 0 aromatic heterocycles. The largest absolute Gasteiger partial charge is 0.269 e. The van der Waals surface area contributed by atoms with Crippen molar-refractivity contribution in [1.29, 1.82) is 0 Å². The molecule has 1 heterocycles. The van der Waals surface area contributed by atoms with Crippen LogP contribution in [0.5, 0.6) is 0 Å². The highest BCUT2D eigenvalue weighted by Crippen LogP contribution is 2.27. The lowest BCUT2D eigenvalue weighted by molar-refractivity contribution is 0.0637. The molecule has 1 aromatic carbocycles. The SMILES string of the molecule is CCCC(Br)N1C(=O)c2ccccc2C1=O. The number of carbonyl (C=O) groups excluding carboxylic acids is 2. The minimum atomic E-state index is -0.204. The van der Waals surface area contributed by atoms with Gasteiger partial charge in [0, 0.05) is 0 Å². The number of rotatable bonds is 3. The molecule has 0 bridgehead atoms. The van der Waals surface area contributed by atoms with Gasteiger partial charge in [-0.3, -0.25) is 14.5 Å². The fourth-order valence-electron chi connectivity index (χ4n) is 1.83. The van der Waals surface area contributed by atoms with E-state index in [1.165, 1.54) is 4.90 Å². The third-order valence-electron chi connectivity index (χ3n) is 2.63. The first-order valence-corrected chi connectivity index (χ1v) is 6.19. The molecule has 1 aliphatic rings. The Morgan fingerprint density at radius 2 is 1.69 bits per heavy atom. The highest BCUT2D eigenvalue weighted by molar-refractivity contribution is 9.09. The van der Waals surface area contributed by atoms with Crippen molar-refractivity contribution in [1.82, 2.24) is 4.90 Å². The molecule has 0 radical (unpaired) electrons. The molecule has 1 aliphatic heterocycles. The van der Waals surface area contributed by atoms with Gasteiger partial charge in [-0.15, -0.1) is 0 Å². The van der Waals surface area contributed by atoms with Gasteiger partial charge in [0.15, 0.2) is 0 Å². The van der Waals surface area contributed by atoms with Crippen molar-refractivity contribution in [3.8, 4) is 0 Å². The number of fused-ring (bicyclic) bond motifs is 1. The maximum Gasteiger partial charge on any atom is 0.262 e. The molecule has 0 saturated carbocycles. The number of benzene rings is 1. The van der Waals surface area contributed by atoms with Crippen LogP contribution < -0.4 is 0 Å². The van der Waals surface area contributed by atoms with Gasteiger partial charge in [0.05, 0.1) is 16.1 Å². The minimum Gasteiger partial charge on any atom is -0.269 e. The predicted molar refractivity (Wildman–Crippen MR) is 64.6 cm³/mol. The standard InChI is InChI=1S/C12H12BrNO2/c1-2-5-10(13)14-11(15)8-6-3-4-7-9(8)12(14)16/h3-4,6-7,10H,2,5H2,1H3. The van der Waals surface area contributed by atoms with Crippen molar-refractivity contribution in [2.75, 3.05) is 0 Å². The average Bonchev–Trinajstić information content (AvgIpc) is 2.53. The van der Waals surface area contributed by atoms with E-state index in [0.29, 0.717) is 11.1 Å². The summed E-state index contributed by atoms with van der Waals surface area (Å²) >= 11 is 3.39. The van der Waals surface area contributed by atoms with Gasteiger partial charge in [0.25, 0.3) is 11.8 Å². The topological polar surface area (TPSA) is 37.4 Å². The Hall–Kier alpha value is -1.16. The summed E-state index contributed by atoms with van der Waals surface area (Å²) in [4.78, 5) is 25.1. The van der Waals surface area contributed by atoms with Gasteiger partial charge in [0.1, 0.15) is 0 Å². The highest BCUT2D eigenvalue weighted by atomic mass is 79.9. The summed E-state index contributed by atoms with van der Waals surface area (Å²) in [7, 11) is 0. The number of nitrogens with zero attached hydrogens (tertiary/aromatic N) is 1. The van der Waals surface area contributed by atoms with Gasteiger partial charge in [0.2, 0.25) is 0 Å². The zero-order valence-electron chi connectivity index (χ0n) is 8.94. The van der Waals surface area contributed by atoms with Crippen LogP contribution in [0, 0.1) is 0 Å². The summed E-state index contributed by atoms with van der Waals surface area (Å²) in [6, 6.07) is 6.94. The fourth-order valence-corrected chi connectivity index (χ4v) is 2.66. The van der Waals surface area contributed by atoms with Crippen molar-refractivity contribution in [2.45, 2.75) is 24.7 Å². The number of imide groups is 1. The second-order valence-corrected chi connectivity index (χ2v) is 4.81. The summed E-state index contributed by atoms with van der Waals surface area (Å²) in [6.07, 6.45) is 1.69. The van der Waals surface area contributed by atoms with Crippen LogP contribution in [-0.2, 0) is 0 Å². The van der Waals surface area contributed by atoms with Crippen molar-refractivity contribution < 1.29 is 9.59 Å². The second kappa shape index (κ2) is 4.37. The Labute approximate surface area is 103 Å². The van der Waals surface area contributed by atoms with Crippen LogP contribution in [-0.4, -0.2) is 21.7 Å². The van der Waals surface area contributed by atoms with E-state index in [0.717, 1.165) is 12.8 Å². The first kappa shape index (κ1) is 11.3. The summed E-state index contributed by atoms with van der Waals surface area (Å²) in [5, 5.41) is 0. The first-order chi connectivity index (χ1) is 7.66. The molecule has 1 atom stereocenters. The van der Waals surface area contributed by atoms with E-state index in [4.69, 9.17) is 0 Å². The lowest BCUT2D eigenvalue weighted by atomic mass is 10.1. The maximum atomic E-state index is 12.0. The number of hydrogen-bond acceptors (Lipinski definition) is 2. The Morgan fingerprint density at radius 3 is 2.12 bits per heavy atom. The number of amides is 2. The quantitative estimate of drug-likeness (QED) is 0.485. The predicted octanol–water partition coefficient (Wildman–Crippen LogP) is 2.80. The van der Waals surface area contributed by atoms with Gasteiger partial charge < -0.3 is 0 Å². The Morgan fingerprint density at radius 1 is 1.19 bits per heavy atom. The lowest BCUT2D eigenvalue weighted by Crippen LogP contribution is -2.36. The zero-order chi connectivity index (χ0) is 11.7. The molecular formula is C12H12BrNO2. The van der Waals surface area contributed by atoms with E-state index in [2.05, 4.69) is 15.9 Å². The molecule has 16 heavy (non-hydrogen) atoms. The van der Waals surface area contributed by atoms with Gasteiger partial charge in [-0.1, -0.05) is 41.4 Å². The van der Waals surface area contributed by atoms with Crippen LogP contribution in [0.15, 0.2) is 24.3 Å². The van der Waals surface area contributed by atoms with Gasteiger partial charge in [-0.05, 0) is 18.6 Å². The molecule has 1 unspecified atom stereocenters.